The van der Waals surface area contributed by atoms with Crippen LogP contribution in [0.3, 0.4) is 0 Å². The Morgan fingerprint density at radius 1 is 1.44 bits per heavy atom. The van der Waals surface area contributed by atoms with Gasteiger partial charge in [0.2, 0.25) is 5.91 Å². The Morgan fingerprint density at radius 3 is 2.81 bits per heavy atom. The number of piperidine rings is 1. The van der Waals surface area contributed by atoms with Crippen molar-refractivity contribution in [1.29, 1.82) is 0 Å². The van der Waals surface area contributed by atoms with Crippen molar-refractivity contribution >= 4 is 5.91 Å². The highest BCUT2D eigenvalue weighted by Crippen LogP contribution is 2.10. The minimum Gasteiger partial charge on any atom is -0.353 e. The second-order valence-corrected chi connectivity index (χ2v) is 4.81. The Balaban J connectivity index is 2.22. The van der Waals surface area contributed by atoms with Crippen molar-refractivity contribution in [3.63, 3.8) is 0 Å². The Kier molecular flexibility index (Phi) is 6.46. The molecule has 0 radical (unpaired) electrons. The predicted octanol–water partition coefficient (Wildman–Crippen LogP) is 2.21. The van der Waals surface area contributed by atoms with Crippen LogP contribution in [0.4, 0.5) is 0 Å². The molecule has 1 fully saturated rings. The van der Waals surface area contributed by atoms with Crippen LogP contribution in [0.1, 0.15) is 58.8 Å². The molecule has 0 spiro atoms. The molecule has 1 aliphatic rings. The number of amides is 1. The van der Waals surface area contributed by atoms with Gasteiger partial charge in [-0.2, -0.15) is 0 Å². The molecule has 2 N–H and O–H groups in total. The molecule has 1 saturated heterocycles. The third-order valence-electron chi connectivity index (χ3n) is 3.34. The zero-order valence-electron chi connectivity index (χ0n) is 10.7. The molecule has 0 bridgehead atoms. The Labute approximate surface area is 99.4 Å². The van der Waals surface area contributed by atoms with Crippen LogP contribution < -0.4 is 10.6 Å². The van der Waals surface area contributed by atoms with E-state index in [4.69, 9.17) is 0 Å². The second-order valence-electron chi connectivity index (χ2n) is 4.81. The average molecular weight is 226 g/mol. The van der Waals surface area contributed by atoms with Gasteiger partial charge in [0.05, 0.1) is 0 Å². The first kappa shape index (κ1) is 13.5. The van der Waals surface area contributed by atoms with Gasteiger partial charge in [0.15, 0.2) is 0 Å². The van der Waals surface area contributed by atoms with Crippen LogP contribution >= 0.6 is 0 Å². The van der Waals surface area contributed by atoms with E-state index in [-0.39, 0.29) is 5.91 Å². The lowest BCUT2D eigenvalue weighted by Gasteiger charge is -2.24. The maximum Gasteiger partial charge on any atom is 0.221 e. The summed E-state index contributed by atoms with van der Waals surface area (Å²) in [6.07, 6.45) is 7.60. The van der Waals surface area contributed by atoms with E-state index >= 15 is 0 Å². The summed E-state index contributed by atoms with van der Waals surface area (Å²) in [5, 5.41) is 6.55. The molecule has 2 unspecified atom stereocenters. The summed E-state index contributed by atoms with van der Waals surface area (Å²) in [7, 11) is 0. The van der Waals surface area contributed by atoms with Crippen molar-refractivity contribution in [2.45, 2.75) is 70.9 Å². The monoisotopic (exact) mass is 226 g/mol. The van der Waals surface area contributed by atoms with Gasteiger partial charge in [-0.05, 0) is 32.2 Å². The summed E-state index contributed by atoms with van der Waals surface area (Å²) >= 11 is 0. The molecule has 1 heterocycles. The molecule has 16 heavy (non-hydrogen) atoms. The number of nitrogens with one attached hydrogen (secondary N) is 2. The van der Waals surface area contributed by atoms with Crippen LogP contribution in [0.5, 0.6) is 0 Å². The van der Waals surface area contributed by atoms with Gasteiger partial charge in [-0.25, -0.2) is 0 Å². The second kappa shape index (κ2) is 7.66. The van der Waals surface area contributed by atoms with Gasteiger partial charge in [-0.15, -0.1) is 0 Å². The standard InChI is InChI=1S/C13H26N2O/c1-3-7-11(4-2)15-13(16)10-12-8-5-6-9-14-12/h11-12,14H,3-10H2,1-2H3,(H,15,16). The van der Waals surface area contributed by atoms with Crippen LogP contribution in [0.15, 0.2) is 0 Å². The molecule has 0 aromatic rings. The molecule has 0 aliphatic carbocycles. The quantitative estimate of drug-likeness (QED) is 0.729. The van der Waals surface area contributed by atoms with Gasteiger partial charge in [0, 0.05) is 18.5 Å². The molecule has 0 aromatic heterocycles. The lowest BCUT2D eigenvalue weighted by atomic mass is 10.0. The number of carbonyl (C=O) groups excluding carboxylic acids is 1. The highest BCUT2D eigenvalue weighted by Gasteiger charge is 2.17. The molecular weight excluding hydrogens is 200 g/mol. The minimum atomic E-state index is 0.222. The summed E-state index contributed by atoms with van der Waals surface area (Å²) < 4.78 is 0. The number of hydrogen-bond donors (Lipinski definition) is 2. The van der Waals surface area contributed by atoms with Gasteiger partial charge in [0.25, 0.3) is 0 Å². The Bertz CT molecular complexity index is 191. The molecule has 0 aromatic carbocycles. The van der Waals surface area contributed by atoms with Crippen molar-refractivity contribution in [1.82, 2.24) is 10.6 Å². The molecule has 2 atom stereocenters. The maximum absolute atomic E-state index is 11.8. The maximum atomic E-state index is 11.8. The topological polar surface area (TPSA) is 41.1 Å². The first-order valence-corrected chi connectivity index (χ1v) is 6.79. The zero-order valence-corrected chi connectivity index (χ0v) is 10.7. The van der Waals surface area contributed by atoms with E-state index in [1.807, 2.05) is 0 Å². The fourth-order valence-corrected chi connectivity index (χ4v) is 2.34. The summed E-state index contributed by atoms with van der Waals surface area (Å²) in [6, 6.07) is 0.786. The fraction of sp³-hybridized carbons (Fsp3) is 0.923. The first-order chi connectivity index (χ1) is 7.76. The highest BCUT2D eigenvalue weighted by molar-refractivity contribution is 5.76. The predicted molar refractivity (Wildman–Crippen MR) is 67.4 cm³/mol. The van der Waals surface area contributed by atoms with Crippen LogP contribution in [0.2, 0.25) is 0 Å². The Morgan fingerprint density at radius 2 is 2.25 bits per heavy atom. The highest BCUT2D eigenvalue weighted by atomic mass is 16.1. The lowest BCUT2D eigenvalue weighted by molar-refractivity contribution is -0.122. The van der Waals surface area contributed by atoms with E-state index in [1.54, 1.807) is 0 Å². The third-order valence-corrected chi connectivity index (χ3v) is 3.34. The first-order valence-electron chi connectivity index (χ1n) is 6.79. The van der Waals surface area contributed by atoms with Crippen LogP contribution in [0, 0.1) is 0 Å². The third kappa shape index (κ3) is 4.97. The minimum absolute atomic E-state index is 0.222. The van der Waals surface area contributed by atoms with Crippen LogP contribution in [-0.4, -0.2) is 24.5 Å². The van der Waals surface area contributed by atoms with E-state index in [0.29, 0.717) is 18.5 Å². The van der Waals surface area contributed by atoms with Gasteiger partial charge in [0.1, 0.15) is 0 Å². The van der Waals surface area contributed by atoms with Gasteiger partial charge < -0.3 is 10.6 Å². The van der Waals surface area contributed by atoms with Gasteiger partial charge in [-0.3, -0.25) is 4.79 Å². The Hall–Kier alpha value is -0.570. The van der Waals surface area contributed by atoms with Crippen molar-refractivity contribution in [2.24, 2.45) is 0 Å². The van der Waals surface area contributed by atoms with Crippen molar-refractivity contribution in [3.8, 4) is 0 Å². The number of rotatable bonds is 6. The number of hydrogen-bond acceptors (Lipinski definition) is 2. The smallest absolute Gasteiger partial charge is 0.221 e. The molecule has 1 amide bonds. The fourth-order valence-electron chi connectivity index (χ4n) is 2.34. The molecule has 3 nitrogen and oxygen atoms in total. The molecular formula is C13H26N2O. The van der Waals surface area contributed by atoms with Crippen molar-refractivity contribution in [3.05, 3.63) is 0 Å². The molecule has 0 saturated carbocycles. The molecule has 1 rings (SSSR count). The SMILES string of the molecule is CCCC(CC)NC(=O)CC1CCCCN1. The van der Waals surface area contributed by atoms with E-state index in [9.17, 15) is 4.79 Å². The largest absolute Gasteiger partial charge is 0.353 e. The van der Waals surface area contributed by atoms with E-state index in [0.717, 1.165) is 32.2 Å². The number of carbonyl (C=O) groups is 1. The summed E-state index contributed by atoms with van der Waals surface area (Å²) in [6.45, 7) is 5.38. The van der Waals surface area contributed by atoms with Gasteiger partial charge >= 0.3 is 0 Å². The molecule has 94 valence electrons. The average Bonchev–Trinajstić information content (AvgIpc) is 2.29. The molecule has 1 aliphatic heterocycles. The van der Waals surface area contributed by atoms with Crippen LogP contribution in [-0.2, 0) is 4.79 Å². The van der Waals surface area contributed by atoms with Crippen molar-refractivity contribution < 1.29 is 4.79 Å². The summed E-state index contributed by atoms with van der Waals surface area (Å²) in [5.41, 5.74) is 0. The summed E-state index contributed by atoms with van der Waals surface area (Å²) in [4.78, 5) is 11.8. The summed E-state index contributed by atoms with van der Waals surface area (Å²) in [5.74, 6) is 0.222. The zero-order chi connectivity index (χ0) is 11.8. The normalized spacial score (nSPS) is 22.8. The lowest BCUT2D eigenvalue weighted by Crippen LogP contribution is -2.41. The van der Waals surface area contributed by atoms with Gasteiger partial charge in [-0.1, -0.05) is 26.7 Å². The van der Waals surface area contributed by atoms with E-state index in [1.165, 1.54) is 12.8 Å². The molecule has 3 heteroatoms. The van der Waals surface area contributed by atoms with Crippen LogP contribution in [0.25, 0.3) is 0 Å². The van der Waals surface area contributed by atoms with E-state index in [2.05, 4.69) is 24.5 Å². The van der Waals surface area contributed by atoms with Crippen molar-refractivity contribution in [2.75, 3.05) is 6.54 Å². The van der Waals surface area contributed by atoms with E-state index < -0.39 is 0 Å².